The average molecular weight is 341 g/mol. The van der Waals surface area contributed by atoms with Crippen molar-refractivity contribution in [1.29, 1.82) is 0 Å². The van der Waals surface area contributed by atoms with Crippen LogP contribution in [0.2, 0.25) is 10.0 Å². The molecule has 0 fully saturated rings. The number of primary amides is 1. The van der Waals surface area contributed by atoms with Crippen molar-refractivity contribution in [3.8, 4) is 0 Å². The number of carbonyl (C=O) groups excluding carboxylic acids is 1. The summed E-state index contributed by atoms with van der Waals surface area (Å²) in [6.45, 7) is 1.24. The minimum atomic E-state index is -4.21. The maximum atomic E-state index is 12.0. The summed E-state index contributed by atoms with van der Waals surface area (Å²) in [6, 6.07) is 0.624. The van der Waals surface area contributed by atoms with Crippen molar-refractivity contribution in [2.75, 3.05) is 0 Å². The van der Waals surface area contributed by atoms with Crippen LogP contribution in [0.3, 0.4) is 0 Å². The first-order valence-electron chi connectivity index (χ1n) is 5.10. The molecule has 10 heteroatoms. The molecule has 0 bridgehead atoms. The third-order valence-corrected chi connectivity index (χ3v) is 4.62. The summed E-state index contributed by atoms with van der Waals surface area (Å²) in [5.74, 6) is -2.30. The Morgan fingerprint density at radius 3 is 2.30 bits per heavy atom. The predicted molar refractivity (Wildman–Crippen MR) is 72.4 cm³/mol. The first-order valence-corrected chi connectivity index (χ1v) is 7.34. The van der Waals surface area contributed by atoms with Crippen LogP contribution in [0.4, 0.5) is 0 Å². The second-order valence-electron chi connectivity index (χ2n) is 3.81. The van der Waals surface area contributed by atoms with Gasteiger partial charge in [-0.25, -0.2) is 13.2 Å². The van der Waals surface area contributed by atoms with E-state index < -0.39 is 38.4 Å². The Labute approximate surface area is 124 Å². The number of amides is 1. The number of carboxylic acids is 1. The highest BCUT2D eigenvalue weighted by Gasteiger charge is 2.25. The first kappa shape index (κ1) is 16.7. The van der Waals surface area contributed by atoms with Gasteiger partial charge in [-0.1, -0.05) is 23.2 Å². The molecule has 110 valence electrons. The Hall–Kier alpha value is -1.35. The summed E-state index contributed by atoms with van der Waals surface area (Å²) < 4.78 is 26.0. The molecular formula is C10H10Cl2N2O5S. The van der Waals surface area contributed by atoms with Crippen molar-refractivity contribution < 1.29 is 23.1 Å². The molecule has 7 nitrogen and oxygen atoms in total. The highest BCUT2D eigenvalue weighted by atomic mass is 35.5. The molecule has 0 heterocycles. The lowest BCUT2D eigenvalue weighted by molar-refractivity contribution is -0.119. The SMILES string of the molecule is CC(NS(=O)(=O)c1cc(C(=O)O)c(Cl)cc1Cl)C(N)=O. The number of aromatic carboxylic acids is 1. The van der Waals surface area contributed by atoms with Gasteiger partial charge in [0.1, 0.15) is 4.90 Å². The highest BCUT2D eigenvalue weighted by molar-refractivity contribution is 7.89. The van der Waals surface area contributed by atoms with Gasteiger partial charge >= 0.3 is 5.97 Å². The highest BCUT2D eigenvalue weighted by Crippen LogP contribution is 2.28. The Morgan fingerprint density at radius 2 is 1.85 bits per heavy atom. The van der Waals surface area contributed by atoms with E-state index in [4.69, 9.17) is 34.0 Å². The van der Waals surface area contributed by atoms with Crippen molar-refractivity contribution in [2.45, 2.75) is 17.9 Å². The molecule has 0 aliphatic rings. The van der Waals surface area contributed by atoms with Gasteiger partial charge in [0, 0.05) is 0 Å². The fraction of sp³-hybridized carbons (Fsp3) is 0.200. The van der Waals surface area contributed by atoms with Crippen LogP contribution in [0, 0.1) is 0 Å². The number of benzene rings is 1. The smallest absolute Gasteiger partial charge is 0.337 e. The molecule has 1 aromatic rings. The summed E-state index contributed by atoms with van der Waals surface area (Å²) in [4.78, 5) is 21.3. The van der Waals surface area contributed by atoms with Crippen LogP contribution in [0.1, 0.15) is 17.3 Å². The van der Waals surface area contributed by atoms with Crippen LogP contribution < -0.4 is 10.5 Å². The summed E-state index contributed by atoms with van der Waals surface area (Å²) in [5, 5.41) is 8.42. The lowest BCUT2D eigenvalue weighted by Crippen LogP contribution is -2.42. The van der Waals surface area contributed by atoms with E-state index in [0.29, 0.717) is 0 Å². The second-order valence-corrected chi connectivity index (χ2v) is 6.31. The van der Waals surface area contributed by atoms with Crippen LogP contribution in [-0.2, 0) is 14.8 Å². The van der Waals surface area contributed by atoms with E-state index >= 15 is 0 Å². The van der Waals surface area contributed by atoms with E-state index in [1.165, 1.54) is 6.92 Å². The van der Waals surface area contributed by atoms with Crippen molar-refractivity contribution in [1.82, 2.24) is 4.72 Å². The Kier molecular flexibility index (Phi) is 4.98. The van der Waals surface area contributed by atoms with Gasteiger partial charge in [0.2, 0.25) is 15.9 Å². The molecule has 0 aromatic heterocycles. The van der Waals surface area contributed by atoms with E-state index in [1.54, 1.807) is 0 Å². The standard InChI is InChI=1S/C10H10Cl2N2O5S/c1-4(9(13)15)14-20(18,19)8-2-5(10(16)17)6(11)3-7(8)12/h2-4,14H,1H3,(H2,13,15)(H,16,17). The summed E-state index contributed by atoms with van der Waals surface area (Å²) in [7, 11) is -4.21. The van der Waals surface area contributed by atoms with Gasteiger partial charge in [-0.15, -0.1) is 0 Å². The molecule has 1 atom stereocenters. The maximum Gasteiger partial charge on any atom is 0.337 e. The zero-order valence-electron chi connectivity index (χ0n) is 10.1. The predicted octanol–water partition coefficient (Wildman–Crippen LogP) is 0.844. The molecule has 1 rings (SSSR count). The van der Waals surface area contributed by atoms with Gasteiger partial charge < -0.3 is 10.8 Å². The summed E-state index contributed by atoms with van der Waals surface area (Å²) in [6.07, 6.45) is 0. The largest absolute Gasteiger partial charge is 0.478 e. The molecule has 0 aliphatic heterocycles. The number of hydrogen-bond donors (Lipinski definition) is 3. The topological polar surface area (TPSA) is 127 Å². The zero-order valence-corrected chi connectivity index (χ0v) is 12.4. The maximum absolute atomic E-state index is 12.0. The molecule has 0 radical (unpaired) electrons. The molecule has 0 spiro atoms. The minimum Gasteiger partial charge on any atom is -0.478 e. The van der Waals surface area contributed by atoms with E-state index in [9.17, 15) is 18.0 Å². The molecule has 1 aromatic carbocycles. The van der Waals surface area contributed by atoms with E-state index in [1.807, 2.05) is 4.72 Å². The van der Waals surface area contributed by atoms with Gasteiger partial charge in [0.15, 0.2) is 0 Å². The number of carboxylic acid groups (broad SMARTS) is 1. The fourth-order valence-corrected chi connectivity index (χ4v) is 3.32. The van der Waals surface area contributed by atoms with Crippen LogP contribution in [0.5, 0.6) is 0 Å². The normalized spacial score (nSPS) is 12.9. The van der Waals surface area contributed by atoms with Crippen molar-refractivity contribution in [3.63, 3.8) is 0 Å². The Morgan fingerprint density at radius 1 is 1.30 bits per heavy atom. The van der Waals surface area contributed by atoms with E-state index in [-0.39, 0.29) is 10.0 Å². The van der Waals surface area contributed by atoms with Gasteiger partial charge in [0.05, 0.1) is 21.7 Å². The summed E-state index contributed by atoms with van der Waals surface area (Å²) >= 11 is 11.4. The van der Waals surface area contributed by atoms with Gasteiger partial charge in [0.25, 0.3) is 0 Å². The number of halogens is 2. The van der Waals surface area contributed by atoms with Crippen LogP contribution in [0.25, 0.3) is 0 Å². The molecule has 0 aliphatic carbocycles. The monoisotopic (exact) mass is 340 g/mol. The first-order chi connectivity index (χ1) is 9.06. The lowest BCUT2D eigenvalue weighted by Gasteiger charge is -2.13. The van der Waals surface area contributed by atoms with Crippen LogP contribution >= 0.6 is 23.2 Å². The van der Waals surface area contributed by atoms with Gasteiger partial charge in [-0.3, -0.25) is 4.79 Å². The molecule has 1 unspecified atom stereocenters. The molecule has 1 amide bonds. The number of nitrogens with one attached hydrogen (secondary N) is 1. The molecular weight excluding hydrogens is 331 g/mol. The number of carbonyl (C=O) groups is 2. The molecule has 4 N–H and O–H groups in total. The Balaban J connectivity index is 3.35. The minimum absolute atomic E-state index is 0.204. The van der Waals surface area contributed by atoms with Crippen molar-refractivity contribution in [2.24, 2.45) is 5.73 Å². The Bertz CT molecular complexity index is 674. The average Bonchev–Trinajstić information content (AvgIpc) is 2.26. The quantitative estimate of drug-likeness (QED) is 0.732. The van der Waals surface area contributed by atoms with Gasteiger partial charge in [-0.05, 0) is 19.1 Å². The zero-order chi connectivity index (χ0) is 15.7. The van der Waals surface area contributed by atoms with Gasteiger partial charge in [-0.2, -0.15) is 4.72 Å². The molecule has 20 heavy (non-hydrogen) atoms. The number of hydrogen-bond acceptors (Lipinski definition) is 4. The lowest BCUT2D eigenvalue weighted by atomic mass is 10.2. The number of sulfonamides is 1. The van der Waals surface area contributed by atoms with Crippen molar-refractivity contribution >= 4 is 45.1 Å². The fourth-order valence-electron chi connectivity index (χ4n) is 1.25. The third kappa shape index (κ3) is 3.60. The summed E-state index contributed by atoms with van der Waals surface area (Å²) in [5.41, 5.74) is 4.52. The molecule has 0 saturated heterocycles. The number of rotatable bonds is 5. The second kappa shape index (κ2) is 5.96. The number of nitrogens with two attached hydrogens (primary N) is 1. The van der Waals surface area contributed by atoms with E-state index in [2.05, 4.69) is 0 Å². The van der Waals surface area contributed by atoms with Crippen LogP contribution in [0.15, 0.2) is 17.0 Å². The van der Waals surface area contributed by atoms with Crippen LogP contribution in [-0.4, -0.2) is 31.4 Å². The third-order valence-electron chi connectivity index (χ3n) is 2.30. The van der Waals surface area contributed by atoms with Crippen molar-refractivity contribution in [3.05, 3.63) is 27.7 Å². The van der Waals surface area contributed by atoms with E-state index in [0.717, 1.165) is 12.1 Å². The molecule has 0 saturated carbocycles.